The number of nitrogens with zero attached hydrogens (tertiary/aromatic N) is 1. The number of morpholine rings is 1. The van der Waals surface area contributed by atoms with Crippen LogP contribution in [0.25, 0.3) is 0 Å². The van der Waals surface area contributed by atoms with Gasteiger partial charge in [0.2, 0.25) is 0 Å². The Labute approximate surface area is 124 Å². The van der Waals surface area contributed by atoms with Gasteiger partial charge in [0.1, 0.15) is 0 Å². The van der Waals surface area contributed by atoms with E-state index in [2.05, 4.69) is 4.90 Å². The number of methoxy groups -OCH3 is 1. The maximum Gasteiger partial charge on any atom is 0.185 e. The van der Waals surface area contributed by atoms with Gasteiger partial charge >= 0.3 is 0 Å². The molecule has 0 aromatic heterocycles. The van der Waals surface area contributed by atoms with E-state index in [1.54, 1.807) is 6.07 Å². The molecule has 1 aromatic rings. The van der Waals surface area contributed by atoms with Gasteiger partial charge in [0.15, 0.2) is 17.3 Å². The van der Waals surface area contributed by atoms with Crippen LogP contribution in [-0.4, -0.2) is 49.6 Å². The number of ketones is 1. The molecule has 1 unspecified atom stereocenters. The highest BCUT2D eigenvalue weighted by atomic mass is 19.1. The van der Waals surface area contributed by atoms with Gasteiger partial charge in [-0.25, -0.2) is 4.39 Å². The third kappa shape index (κ3) is 2.94. The van der Waals surface area contributed by atoms with Gasteiger partial charge < -0.3 is 9.47 Å². The predicted octanol–water partition coefficient (Wildman–Crippen LogP) is 2.52. The minimum atomic E-state index is -0.725. The van der Waals surface area contributed by atoms with E-state index in [0.717, 1.165) is 0 Å². The molecule has 1 saturated heterocycles. The summed E-state index contributed by atoms with van der Waals surface area (Å²) in [7, 11) is 1.40. The summed E-state index contributed by atoms with van der Waals surface area (Å²) < 4.78 is 24.7. The van der Waals surface area contributed by atoms with Crippen molar-refractivity contribution in [2.24, 2.45) is 0 Å². The number of benzene rings is 1. The van der Waals surface area contributed by atoms with Gasteiger partial charge in [-0.05, 0) is 25.5 Å². The van der Waals surface area contributed by atoms with E-state index in [1.165, 1.54) is 19.2 Å². The van der Waals surface area contributed by atoms with E-state index in [4.69, 9.17) is 9.47 Å². The Morgan fingerprint density at radius 3 is 2.67 bits per heavy atom. The zero-order valence-corrected chi connectivity index (χ0v) is 12.8. The Morgan fingerprint density at radius 2 is 2.10 bits per heavy atom. The van der Waals surface area contributed by atoms with Gasteiger partial charge in [-0.2, -0.15) is 0 Å². The van der Waals surface area contributed by atoms with Crippen LogP contribution in [0.2, 0.25) is 0 Å². The number of Topliss-reactive ketones (excluding diaryl/α,β-unsaturated/α-hetero) is 1. The molecule has 2 rings (SSSR count). The van der Waals surface area contributed by atoms with E-state index < -0.39 is 11.4 Å². The zero-order chi connectivity index (χ0) is 15.5. The van der Waals surface area contributed by atoms with Crippen molar-refractivity contribution in [3.05, 3.63) is 29.6 Å². The third-order valence-electron chi connectivity index (χ3n) is 4.31. The summed E-state index contributed by atoms with van der Waals surface area (Å²) in [6.07, 6.45) is 0.614. The van der Waals surface area contributed by atoms with Crippen LogP contribution in [0.1, 0.15) is 30.6 Å². The fourth-order valence-corrected chi connectivity index (χ4v) is 2.72. The number of carbonyl (C=O) groups is 1. The first-order valence-corrected chi connectivity index (χ1v) is 7.24. The second kappa shape index (κ2) is 6.54. The molecular weight excluding hydrogens is 273 g/mol. The summed E-state index contributed by atoms with van der Waals surface area (Å²) >= 11 is 0. The summed E-state index contributed by atoms with van der Waals surface area (Å²) in [6.45, 7) is 6.39. The Balaban J connectivity index is 2.35. The number of hydrogen-bond acceptors (Lipinski definition) is 4. The second-order valence-corrected chi connectivity index (χ2v) is 5.38. The molecule has 0 N–H and O–H groups in total. The Kier molecular flexibility index (Phi) is 4.96. The fourth-order valence-electron chi connectivity index (χ4n) is 2.72. The lowest BCUT2D eigenvalue weighted by molar-refractivity contribution is -0.0108. The van der Waals surface area contributed by atoms with E-state index in [9.17, 15) is 9.18 Å². The van der Waals surface area contributed by atoms with E-state index in [-0.39, 0.29) is 17.1 Å². The summed E-state index contributed by atoms with van der Waals surface area (Å²) in [5, 5.41) is 0. The van der Waals surface area contributed by atoms with Crippen LogP contribution in [0.5, 0.6) is 5.75 Å². The summed E-state index contributed by atoms with van der Waals surface area (Å²) in [5.41, 5.74) is -0.637. The molecule has 0 saturated carbocycles. The maximum atomic E-state index is 14.4. The molecule has 1 fully saturated rings. The molecule has 21 heavy (non-hydrogen) atoms. The smallest absolute Gasteiger partial charge is 0.185 e. The minimum Gasteiger partial charge on any atom is -0.494 e. The van der Waals surface area contributed by atoms with Gasteiger partial charge in [0, 0.05) is 13.1 Å². The zero-order valence-electron chi connectivity index (χ0n) is 12.8. The summed E-state index contributed by atoms with van der Waals surface area (Å²) in [4.78, 5) is 15.0. The first-order valence-electron chi connectivity index (χ1n) is 7.24. The van der Waals surface area contributed by atoms with Crippen molar-refractivity contribution in [1.82, 2.24) is 4.90 Å². The average molecular weight is 295 g/mol. The van der Waals surface area contributed by atoms with Gasteiger partial charge in [0.25, 0.3) is 0 Å². The average Bonchev–Trinajstić information content (AvgIpc) is 2.54. The second-order valence-electron chi connectivity index (χ2n) is 5.38. The number of carbonyl (C=O) groups excluding carboxylic acids is 1. The first-order chi connectivity index (χ1) is 10.0. The van der Waals surface area contributed by atoms with E-state index in [1.807, 2.05) is 13.8 Å². The van der Waals surface area contributed by atoms with Crippen molar-refractivity contribution >= 4 is 5.78 Å². The number of halogens is 1. The fraction of sp³-hybridized carbons (Fsp3) is 0.562. The predicted molar refractivity (Wildman–Crippen MR) is 78.4 cm³/mol. The van der Waals surface area contributed by atoms with Gasteiger partial charge in [-0.1, -0.05) is 13.0 Å². The number of hydrogen-bond donors (Lipinski definition) is 0. The molecule has 1 aliphatic rings. The van der Waals surface area contributed by atoms with Gasteiger partial charge in [0.05, 0.1) is 31.4 Å². The third-order valence-corrected chi connectivity index (χ3v) is 4.31. The van der Waals surface area contributed by atoms with Crippen LogP contribution in [0, 0.1) is 5.82 Å². The highest BCUT2D eigenvalue weighted by Crippen LogP contribution is 2.29. The van der Waals surface area contributed by atoms with Crippen molar-refractivity contribution in [3.63, 3.8) is 0 Å². The molecule has 5 heteroatoms. The highest BCUT2D eigenvalue weighted by Gasteiger charge is 2.40. The molecule has 1 atom stereocenters. The molecule has 1 aromatic carbocycles. The number of ether oxygens (including phenoxy) is 2. The van der Waals surface area contributed by atoms with Crippen molar-refractivity contribution in [3.8, 4) is 5.75 Å². The molecule has 116 valence electrons. The Bertz CT molecular complexity index is 514. The standard InChI is InChI=1S/C16H22FNO3/c1-4-16(2,18-8-10-21-11-9-18)15(19)12-6-5-7-13(20-3)14(12)17/h5-7H,4,8-11H2,1-3H3. The lowest BCUT2D eigenvalue weighted by Gasteiger charge is -2.41. The highest BCUT2D eigenvalue weighted by molar-refractivity contribution is 6.03. The van der Waals surface area contributed by atoms with Crippen molar-refractivity contribution in [2.45, 2.75) is 25.8 Å². The lowest BCUT2D eigenvalue weighted by Crippen LogP contribution is -2.56. The lowest BCUT2D eigenvalue weighted by atomic mass is 9.86. The van der Waals surface area contributed by atoms with Crippen LogP contribution in [0.3, 0.4) is 0 Å². The van der Waals surface area contributed by atoms with Crippen LogP contribution < -0.4 is 4.74 Å². The van der Waals surface area contributed by atoms with Gasteiger partial charge in [-0.15, -0.1) is 0 Å². The molecular formula is C16H22FNO3. The van der Waals surface area contributed by atoms with Crippen molar-refractivity contribution in [2.75, 3.05) is 33.4 Å². The normalized spacial score (nSPS) is 19.0. The molecule has 0 spiro atoms. The van der Waals surface area contributed by atoms with Crippen LogP contribution in [0.15, 0.2) is 18.2 Å². The molecule has 0 bridgehead atoms. The van der Waals surface area contributed by atoms with Crippen molar-refractivity contribution < 1.29 is 18.7 Å². The van der Waals surface area contributed by atoms with E-state index in [0.29, 0.717) is 32.7 Å². The largest absolute Gasteiger partial charge is 0.494 e. The van der Waals surface area contributed by atoms with Crippen molar-refractivity contribution in [1.29, 1.82) is 0 Å². The molecule has 1 heterocycles. The summed E-state index contributed by atoms with van der Waals surface area (Å²) in [5.74, 6) is -0.692. The van der Waals surface area contributed by atoms with E-state index >= 15 is 0 Å². The minimum absolute atomic E-state index is 0.0881. The topological polar surface area (TPSA) is 38.8 Å². The Morgan fingerprint density at radius 1 is 1.43 bits per heavy atom. The van der Waals surface area contributed by atoms with Crippen LogP contribution in [-0.2, 0) is 4.74 Å². The maximum absolute atomic E-state index is 14.4. The monoisotopic (exact) mass is 295 g/mol. The summed E-state index contributed by atoms with van der Waals surface area (Å²) in [6, 6.07) is 4.68. The SMILES string of the molecule is CCC(C)(C(=O)c1cccc(OC)c1F)N1CCOCC1. The molecule has 0 amide bonds. The Hall–Kier alpha value is -1.46. The van der Waals surface area contributed by atoms with Crippen LogP contribution in [0.4, 0.5) is 4.39 Å². The number of rotatable bonds is 5. The van der Waals surface area contributed by atoms with Gasteiger partial charge in [-0.3, -0.25) is 9.69 Å². The molecule has 1 aliphatic heterocycles. The van der Waals surface area contributed by atoms with Crippen LogP contribution >= 0.6 is 0 Å². The molecule has 4 nitrogen and oxygen atoms in total. The molecule has 0 aliphatic carbocycles. The first kappa shape index (κ1) is 15.9. The quantitative estimate of drug-likeness (QED) is 0.783. The molecule has 0 radical (unpaired) electrons.